The number of benzene rings is 1. The summed E-state index contributed by atoms with van der Waals surface area (Å²) in [5, 5.41) is 0.468. The zero-order valence-corrected chi connectivity index (χ0v) is 15.1. The predicted molar refractivity (Wildman–Crippen MR) is 96.0 cm³/mol. The van der Waals surface area contributed by atoms with Crippen molar-refractivity contribution in [3.05, 3.63) is 58.2 Å². The summed E-state index contributed by atoms with van der Waals surface area (Å²) in [5.41, 5.74) is 2.04. The van der Waals surface area contributed by atoms with Gasteiger partial charge in [-0.3, -0.25) is 4.79 Å². The van der Waals surface area contributed by atoms with Crippen LogP contribution in [0.1, 0.15) is 28.8 Å². The van der Waals surface area contributed by atoms with E-state index in [4.69, 9.17) is 21.1 Å². The molecule has 2 aromatic rings. The third-order valence-electron chi connectivity index (χ3n) is 4.18. The minimum absolute atomic E-state index is 0.163. The van der Waals surface area contributed by atoms with Crippen molar-refractivity contribution in [3.8, 4) is 5.75 Å². The summed E-state index contributed by atoms with van der Waals surface area (Å²) in [5.74, 6) is 0.0697. The topological polar surface area (TPSA) is 52.8 Å². The van der Waals surface area contributed by atoms with E-state index in [9.17, 15) is 4.79 Å². The summed E-state index contributed by atoms with van der Waals surface area (Å²) in [6.07, 6.45) is 4.25. The van der Waals surface area contributed by atoms with Crippen molar-refractivity contribution in [1.29, 1.82) is 0 Å². The molecule has 1 aromatic carbocycles. The number of ether oxygens (including phenoxy) is 2. The number of aryl methyl sites for hydroxylation is 1. The van der Waals surface area contributed by atoms with Crippen LogP contribution in [0.4, 0.5) is 0 Å². The van der Waals surface area contributed by atoms with Crippen molar-refractivity contribution >= 4 is 17.5 Å². The summed E-state index contributed by atoms with van der Waals surface area (Å²) in [4.78, 5) is 17.0. The molecule has 0 N–H and O–H groups in total. The zero-order chi connectivity index (χ0) is 17.8. The minimum Gasteiger partial charge on any atom is -0.496 e. The van der Waals surface area contributed by atoms with E-state index in [-0.39, 0.29) is 12.0 Å². The van der Waals surface area contributed by atoms with Gasteiger partial charge in [-0.15, -0.1) is 0 Å². The van der Waals surface area contributed by atoms with E-state index in [1.165, 1.54) is 7.11 Å². The van der Waals surface area contributed by atoms with Gasteiger partial charge in [0.1, 0.15) is 11.2 Å². The van der Waals surface area contributed by atoms with Gasteiger partial charge in [0.25, 0.3) is 5.91 Å². The summed E-state index contributed by atoms with van der Waals surface area (Å²) >= 11 is 6.02. The van der Waals surface area contributed by atoms with Crippen LogP contribution < -0.4 is 10.2 Å². The Labute approximate surface area is 151 Å². The number of methoxy groups -OCH3 is 1. The van der Waals surface area contributed by atoms with E-state index in [0.717, 1.165) is 25.0 Å². The standard InChI is InChI=1S/C19H21ClN2O3/c1-13-5-8-18(22(11-13)12-15-4-3-9-25-15)21-19(23)16-10-14(20)6-7-17(16)24-2/h5-8,10-11,15H,3-4,9,12H2,1-2H3/b21-18+. The molecule has 2 heterocycles. The van der Waals surface area contributed by atoms with E-state index in [1.807, 2.05) is 29.8 Å². The van der Waals surface area contributed by atoms with E-state index in [1.54, 1.807) is 18.2 Å². The highest BCUT2D eigenvalue weighted by Crippen LogP contribution is 2.23. The number of hydrogen-bond donors (Lipinski definition) is 0. The molecule has 0 spiro atoms. The quantitative estimate of drug-likeness (QED) is 0.839. The highest BCUT2D eigenvalue weighted by Gasteiger charge is 2.17. The average molecular weight is 361 g/mol. The summed E-state index contributed by atoms with van der Waals surface area (Å²) in [7, 11) is 1.52. The first-order valence-electron chi connectivity index (χ1n) is 8.28. The SMILES string of the molecule is COc1ccc(Cl)cc1C(=O)/N=c1\ccc(C)cn1CC1CCCO1. The molecule has 25 heavy (non-hydrogen) atoms. The Morgan fingerprint density at radius 3 is 2.96 bits per heavy atom. The number of aromatic nitrogens is 1. The minimum atomic E-state index is -0.385. The van der Waals surface area contributed by atoms with Crippen LogP contribution in [0.25, 0.3) is 0 Å². The highest BCUT2D eigenvalue weighted by atomic mass is 35.5. The Balaban J connectivity index is 1.97. The lowest BCUT2D eigenvalue weighted by molar-refractivity contribution is 0.0944. The van der Waals surface area contributed by atoms with Crippen LogP contribution in [0.5, 0.6) is 5.75 Å². The Kier molecular flexibility index (Phi) is 5.56. The second-order valence-electron chi connectivity index (χ2n) is 6.11. The van der Waals surface area contributed by atoms with Crippen LogP contribution in [0.15, 0.2) is 41.5 Å². The molecule has 1 aliphatic rings. The number of rotatable bonds is 4. The molecular formula is C19H21ClN2O3. The van der Waals surface area contributed by atoms with Crippen molar-refractivity contribution in [3.63, 3.8) is 0 Å². The van der Waals surface area contributed by atoms with Crippen LogP contribution in [0, 0.1) is 6.92 Å². The second-order valence-corrected chi connectivity index (χ2v) is 6.55. The maximum atomic E-state index is 12.7. The third kappa shape index (κ3) is 4.30. The molecule has 132 valence electrons. The van der Waals surface area contributed by atoms with Gasteiger partial charge in [0.15, 0.2) is 0 Å². The summed E-state index contributed by atoms with van der Waals surface area (Å²) < 4.78 is 12.9. The van der Waals surface area contributed by atoms with Crippen LogP contribution in [-0.2, 0) is 11.3 Å². The Morgan fingerprint density at radius 1 is 1.40 bits per heavy atom. The third-order valence-corrected chi connectivity index (χ3v) is 4.42. The van der Waals surface area contributed by atoms with Gasteiger partial charge in [0, 0.05) is 17.8 Å². The summed E-state index contributed by atoms with van der Waals surface area (Å²) in [6.45, 7) is 3.49. The number of carbonyl (C=O) groups is 1. The molecule has 1 aromatic heterocycles. The molecule has 0 aliphatic carbocycles. The van der Waals surface area contributed by atoms with Crippen molar-refractivity contribution in [2.45, 2.75) is 32.4 Å². The van der Waals surface area contributed by atoms with E-state index in [2.05, 4.69) is 4.99 Å². The van der Waals surface area contributed by atoms with Gasteiger partial charge < -0.3 is 14.0 Å². The number of carbonyl (C=O) groups excluding carboxylic acids is 1. The number of pyridine rings is 1. The number of hydrogen-bond acceptors (Lipinski definition) is 3. The first-order chi connectivity index (χ1) is 12.1. The Hall–Kier alpha value is -2.11. The van der Waals surface area contributed by atoms with Gasteiger partial charge in [0.05, 0.1) is 25.3 Å². The molecule has 1 saturated heterocycles. The molecule has 3 rings (SSSR count). The maximum Gasteiger partial charge on any atom is 0.282 e. The molecule has 1 amide bonds. The highest BCUT2D eigenvalue weighted by molar-refractivity contribution is 6.31. The fourth-order valence-corrected chi connectivity index (χ4v) is 3.10. The first-order valence-corrected chi connectivity index (χ1v) is 8.66. The molecule has 5 nitrogen and oxygen atoms in total. The van der Waals surface area contributed by atoms with Crippen molar-refractivity contribution < 1.29 is 14.3 Å². The fraction of sp³-hybridized carbons (Fsp3) is 0.368. The normalized spacial score (nSPS) is 17.7. The molecule has 1 aliphatic heterocycles. The monoisotopic (exact) mass is 360 g/mol. The lowest BCUT2D eigenvalue weighted by atomic mass is 10.2. The van der Waals surface area contributed by atoms with Crippen molar-refractivity contribution in [2.24, 2.45) is 4.99 Å². The molecular weight excluding hydrogens is 340 g/mol. The largest absolute Gasteiger partial charge is 0.496 e. The molecule has 6 heteroatoms. The lowest BCUT2D eigenvalue weighted by Crippen LogP contribution is -2.27. The molecule has 1 fully saturated rings. The van der Waals surface area contributed by atoms with Crippen molar-refractivity contribution in [1.82, 2.24) is 4.57 Å². The smallest absolute Gasteiger partial charge is 0.282 e. The van der Waals surface area contributed by atoms with Crippen LogP contribution in [0.2, 0.25) is 5.02 Å². The Morgan fingerprint density at radius 2 is 2.24 bits per heavy atom. The number of nitrogens with zero attached hydrogens (tertiary/aromatic N) is 2. The average Bonchev–Trinajstić information content (AvgIpc) is 3.10. The second kappa shape index (κ2) is 7.85. The number of amides is 1. The molecule has 0 saturated carbocycles. The maximum absolute atomic E-state index is 12.7. The lowest BCUT2D eigenvalue weighted by Gasteiger charge is -2.14. The zero-order valence-electron chi connectivity index (χ0n) is 14.4. The fourth-order valence-electron chi connectivity index (χ4n) is 2.92. The summed E-state index contributed by atoms with van der Waals surface area (Å²) in [6, 6.07) is 8.71. The number of halogens is 1. The van der Waals surface area contributed by atoms with Crippen molar-refractivity contribution in [2.75, 3.05) is 13.7 Å². The van der Waals surface area contributed by atoms with Crippen LogP contribution in [0.3, 0.4) is 0 Å². The van der Waals surface area contributed by atoms with Gasteiger partial charge in [0.2, 0.25) is 0 Å². The molecule has 1 unspecified atom stereocenters. The van der Waals surface area contributed by atoms with E-state index >= 15 is 0 Å². The first kappa shape index (κ1) is 17.7. The van der Waals surface area contributed by atoms with Gasteiger partial charge in [-0.2, -0.15) is 4.99 Å². The van der Waals surface area contributed by atoms with Crippen LogP contribution in [-0.4, -0.2) is 30.3 Å². The van der Waals surface area contributed by atoms with E-state index in [0.29, 0.717) is 28.4 Å². The predicted octanol–water partition coefficient (Wildman–Crippen LogP) is 3.38. The molecule has 0 bridgehead atoms. The van der Waals surface area contributed by atoms with Gasteiger partial charge in [-0.1, -0.05) is 17.7 Å². The van der Waals surface area contributed by atoms with Gasteiger partial charge in [-0.25, -0.2) is 0 Å². The molecule has 0 radical (unpaired) electrons. The van der Waals surface area contributed by atoms with Gasteiger partial charge in [-0.05, 0) is 49.6 Å². The Bertz CT molecular complexity index is 839. The molecule has 1 atom stereocenters. The van der Waals surface area contributed by atoms with E-state index < -0.39 is 0 Å². The van der Waals surface area contributed by atoms with Crippen LogP contribution >= 0.6 is 11.6 Å². The van der Waals surface area contributed by atoms with Gasteiger partial charge >= 0.3 is 0 Å².